The van der Waals surface area contributed by atoms with Crippen molar-refractivity contribution in [2.75, 3.05) is 0 Å². The third-order valence-corrected chi connectivity index (χ3v) is 8.50. The van der Waals surface area contributed by atoms with Crippen LogP contribution in [0.5, 0.6) is 0 Å². The summed E-state index contributed by atoms with van der Waals surface area (Å²) >= 11 is 0. The summed E-state index contributed by atoms with van der Waals surface area (Å²) in [6, 6.07) is 20.6. The Labute approximate surface area is 189 Å². The van der Waals surface area contributed by atoms with E-state index in [-0.39, 0.29) is 23.4 Å². The van der Waals surface area contributed by atoms with Gasteiger partial charge in [0.15, 0.2) is 6.10 Å². The first-order chi connectivity index (χ1) is 14.9. The van der Waals surface area contributed by atoms with E-state index >= 15 is 0 Å². The van der Waals surface area contributed by atoms with Crippen molar-refractivity contribution in [1.82, 2.24) is 0 Å². The van der Waals surface area contributed by atoms with E-state index in [1.807, 2.05) is 36.4 Å². The number of ether oxygens (including phenoxy) is 1. The van der Waals surface area contributed by atoms with Crippen molar-refractivity contribution in [2.45, 2.75) is 65.6 Å². The van der Waals surface area contributed by atoms with Crippen molar-refractivity contribution < 1.29 is 14.0 Å². The molecule has 0 amide bonds. The maximum Gasteiger partial charge on any atom is 0.335 e. The van der Waals surface area contributed by atoms with Crippen LogP contribution in [0.1, 0.15) is 53.4 Å². The minimum atomic E-state index is -2.05. The fraction of sp³-hybridized carbons (Fsp3) is 0.444. The lowest BCUT2D eigenvalue weighted by Crippen LogP contribution is -2.51. The average molecular weight is 437 g/mol. The first kappa shape index (κ1) is 23.5. The summed E-state index contributed by atoms with van der Waals surface area (Å²) in [4.78, 5) is 13.0. The predicted octanol–water partition coefficient (Wildman–Crippen LogP) is 4.63. The van der Waals surface area contributed by atoms with Gasteiger partial charge in [0.1, 0.15) is 6.10 Å². The van der Waals surface area contributed by atoms with E-state index in [0.717, 1.165) is 6.42 Å². The van der Waals surface area contributed by atoms with Gasteiger partial charge in [-0.3, -0.25) is 0 Å². The molecule has 1 aliphatic rings. The maximum atomic E-state index is 13.0. The van der Waals surface area contributed by atoms with Crippen molar-refractivity contribution in [1.29, 1.82) is 0 Å². The summed E-state index contributed by atoms with van der Waals surface area (Å²) in [6.45, 7) is 8.74. The van der Waals surface area contributed by atoms with Crippen molar-refractivity contribution in [3.05, 3.63) is 72.8 Å². The largest absolute Gasteiger partial charge is 0.456 e. The van der Waals surface area contributed by atoms with Gasteiger partial charge in [0.25, 0.3) is 0 Å². The molecule has 0 aliphatic carbocycles. The number of rotatable bonds is 9. The van der Waals surface area contributed by atoms with Crippen molar-refractivity contribution in [2.24, 2.45) is 11.3 Å². The fourth-order valence-electron chi connectivity index (χ4n) is 4.33. The van der Waals surface area contributed by atoms with Crippen LogP contribution in [-0.2, 0) is 14.0 Å². The molecule has 2 aromatic rings. The molecule has 3 nitrogen and oxygen atoms in total. The summed E-state index contributed by atoms with van der Waals surface area (Å²) in [5.74, 6) is -0.252. The highest BCUT2D eigenvalue weighted by molar-refractivity contribution is 6.80. The Morgan fingerprint density at radius 1 is 0.968 bits per heavy atom. The Morgan fingerprint density at radius 2 is 1.55 bits per heavy atom. The molecule has 1 unspecified atom stereocenters. The molecule has 3 atom stereocenters. The molecular weight excluding hydrogens is 400 g/mol. The van der Waals surface area contributed by atoms with Gasteiger partial charge in [-0.2, -0.15) is 0 Å². The number of unbranched alkanes of at least 4 members (excludes halogenated alkanes) is 3. The highest BCUT2D eigenvalue weighted by atomic mass is 28.3. The van der Waals surface area contributed by atoms with Gasteiger partial charge in [-0.25, -0.2) is 4.79 Å². The molecule has 31 heavy (non-hydrogen) atoms. The summed E-state index contributed by atoms with van der Waals surface area (Å²) < 4.78 is 12.6. The quantitative estimate of drug-likeness (QED) is 0.249. The topological polar surface area (TPSA) is 35.5 Å². The zero-order valence-electron chi connectivity index (χ0n) is 19.3. The van der Waals surface area contributed by atoms with Crippen LogP contribution in [0.3, 0.4) is 0 Å². The lowest BCUT2D eigenvalue weighted by atomic mass is 9.75. The van der Waals surface area contributed by atoms with Crippen LogP contribution in [0.2, 0.25) is 0 Å². The lowest BCUT2D eigenvalue weighted by Gasteiger charge is -2.33. The van der Waals surface area contributed by atoms with Crippen LogP contribution < -0.4 is 10.4 Å². The molecule has 4 heteroatoms. The molecule has 1 fully saturated rings. The molecule has 166 valence electrons. The second-order valence-corrected chi connectivity index (χ2v) is 11.8. The van der Waals surface area contributed by atoms with E-state index in [9.17, 15) is 4.79 Å². The summed E-state index contributed by atoms with van der Waals surface area (Å²) in [6.07, 6.45) is 8.11. The average Bonchev–Trinajstić information content (AvgIpc) is 3.08. The van der Waals surface area contributed by atoms with Gasteiger partial charge in [0.2, 0.25) is 9.04 Å². The minimum Gasteiger partial charge on any atom is -0.456 e. The Kier molecular flexibility index (Phi) is 8.27. The van der Waals surface area contributed by atoms with Crippen molar-refractivity contribution in [3.8, 4) is 0 Å². The molecule has 1 saturated heterocycles. The Morgan fingerprint density at radius 3 is 2.06 bits per heavy atom. The van der Waals surface area contributed by atoms with Gasteiger partial charge < -0.3 is 9.16 Å². The van der Waals surface area contributed by atoms with E-state index in [0.29, 0.717) is 0 Å². The third-order valence-electron chi connectivity index (χ3n) is 5.95. The molecule has 3 rings (SSSR count). The summed E-state index contributed by atoms with van der Waals surface area (Å²) in [5.41, 5.74) is -0.123. The Hall–Kier alpha value is -2.17. The molecule has 1 aliphatic heterocycles. The second kappa shape index (κ2) is 10.9. The monoisotopic (exact) mass is 436 g/mol. The van der Waals surface area contributed by atoms with Crippen LogP contribution in [0, 0.1) is 11.3 Å². The molecule has 0 saturated carbocycles. The van der Waals surface area contributed by atoms with Crippen molar-refractivity contribution in [3.63, 3.8) is 0 Å². The standard InChI is InChI=1S/C27H36O3Si/c1-5-6-7-8-15-20-23-24(27(2,3)4)25(26(28)29-23)30-31(21-16-11-9-12-17-21)22-18-13-10-14-19-22/h9-20,23-25,31H,5-8H2,1-4H3/t23-,24-,25?/m0/s1. The SMILES string of the molecule is CCCCCC=C[C@@H]1OC(=O)C(O[SiH](c2ccccc2)c2ccccc2)[C@H]1C(C)(C)C. The van der Waals surface area contributed by atoms with Crippen LogP contribution in [0.15, 0.2) is 72.8 Å². The number of benzene rings is 2. The number of carbonyl (C=O) groups excluding carboxylic acids is 1. The molecule has 0 bridgehead atoms. The first-order valence-corrected chi connectivity index (χ1v) is 13.2. The molecule has 2 aromatic carbocycles. The smallest absolute Gasteiger partial charge is 0.335 e. The minimum absolute atomic E-state index is 0.0233. The molecule has 0 aromatic heterocycles. The molecule has 0 radical (unpaired) electrons. The summed E-state index contributed by atoms with van der Waals surface area (Å²) in [5, 5.41) is 2.35. The normalized spacial score (nSPS) is 21.7. The zero-order valence-corrected chi connectivity index (χ0v) is 20.4. The molecule has 0 N–H and O–H groups in total. The van der Waals surface area contributed by atoms with E-state index in [4.69, 9.17) is 9.16 Å². The number of esters is 1. The van der Waals surface area contributed by atoms with Crippen LogP contribution in [0.4, 0.5) is 0 Å². The van der Waals surface area contributed by atoms with E-state index < -0.39 is 15.1 Å². The van der Waals surface area contributed by atoms with Gasteiger partial charge in [-0.1, -0.05) is 107 Å². The van der Waals surface area contributed by atoms with Crippen LogP contribution >= 0.6 is 0 Å². The van der Waals surface area contributed by atoms with Crippen molar-refractivity contribution >= 4 is 25.4 Å². The molecule has 0 spiro atoms. The van der Waals surface area contributed by atoms with Gasteiger partial charge in [0, 0.05) is 5.92 Å². The van der Waals surface area contributed by atoms with E-state index in [1.165, 1.54) is 29.6 Å². The Bertz CT molecular complexity index is 802. The van der Waals surface area contributed by atoms with E-state index in [2.05, 4.69) is 64.1 Å². The summed E-state index contributed by atoms with van der Waals surface area (Å²) in [7, 11) is -2.05. The zero-order chi connectivity index (χ0) is 22.3. The molecule has 1 heterocycles. The number of hydrogen-bond donors (Lipinski definition) is 0. The Balaban J connectivity index is 1.86. The second-order valence-electron chi connectivity index (χ2n) is 9.48. The van der Waals surface area contributed by atoms with Crippen LogP contribution in [0.25, 0.3) is 0 Å². The van der Waals surface area contributed by atoms with E-state index in [1.54, 1.807) is 0 Å². The highest BCUT2D eigenvalue weighted by Crippen LogP contribution is 2.40. The van der Waals surface area contributed by atoms with Crippen LogP contribution in [-0.4, -0.2) is 27.2 Å². The van der Waals surface area contributed by atoms with Gasteiger partial charge in [0.05, 0.1) is 0 Å². The lowest BCUT2D eigenvalue weighted by molar-refractivity contribution is -0.145. The van der Waals surface area contributed by atoms with Gasteiger partial charge >= 0.3 is 5.97 Å². The van der Waals surface area contributed by atoms with Gasteiger partial charge in [-0.15, -0.1) is 0 Å². The highest BCUT2D eigenvalue weighted by Gasteiger charge is 2.50. The number of hydrogen-bond acceptors (Lipinski definition) is 3. The maximum absolute atomic E-state index is 13.0. The third kappa shape index (κ3) is 6.17. The number of cyclic esters (lactones) is 1. The molecular formula is C27H36O3Si. The predicted molar refractivity (Wildman–Crippen MR) is 130 cm³/mol. The van der Waals surface area contributed by atoms with Gasteiger partial charge in [-0.05, 0) is 34.7 Å². The fourth-order valence-corrected chi connectivity index (χ4v) is 6.75. The number of carbonyl (C=O) groups is 1. The number of allylic oxidation sites excluding steroid dienone is 1. The first-order valence-electron chi connectivity index (χ1n) is 11.5.